The number of amides is 1. The third kappa shape index (κ3) is 3.85. The van der Waals surface area contributed by atoms with E-state index >= 15 is 0 Å². The first-order valence-corrected chi connectivity index (χ1v) is 9.94. The van der Waals surface area contributed by atoms with E-state index < -0.39 is 0 Å². The fraction of sp³-hybridized carbons (Fsp3) is 0.304. The first kappa shape index (κ1) is 18.4. The Morgan fingerprint density at radius 1 is 1.07 bits per heavy atom. The monoisotopic (exact) mass is 374 g/mol. The normalized spacial score (nSPS) is 16.5. The van der Waals surface area contributed by atoms with E-state index in [1.807, 2.05) is 25.3 Å². The zero-order valence-electron chi connectivity index (χ0n) is 16.2. The molecule has 5 heteroatoms. The number of carbonyl (C=O) groups is 1. The molecule has 0 saturated carbocycles. The summed E-state index contributed by atoms with van der Waals surface area (Å²) in [4.78, 5) is 19.6. The summed E-state index contributed by atoms with van der Waals surface area (Å²) in [6.45, 7) is 5.31. The molecule has 2 heterocycles. The van der Waals surface area contributed by atoms with Gasteiger partial charge in [0.05, 0.1) is 6.04 Å². The Morgan fingerprint density at radius 3 is 2.50 bits per heavy atom. The molecule has 1 unspecified atom stereocenters. The molecule has 2 aromatic carbocycles. The minimum Gasteiger partial charge on any atom is -0.351 e. The molecule has 0 fully saturated rings. The van der Waals surface area contributed by atoms with Crippen molar-refractivity contribution in [3.05, 3.63) is 89.5 Å². The van der Waals surface area contributed by atoms with Gasteiger partial charge >= 0.3 is 0 Å². The van der Waals surface area contributed by atoms with Crippen molar-refractivity contribution in [1.29, 1.82) is 0 Å². The second-order valence-electron chi connectivity index (χ2n) is 7.20. The zero-order valence-corrected chi connectivity index (χ0v) is 16.2. The number of fused-ring (bicyclic) bond motifs is 1. The molecule has 1 N–H and O–H groups in total. The zero-order chi connectivity index (χ0) is 19.3. The number of nitrogens with one attached hydrogen (secondary N) is 1. The van der Waals surface area contributed by atoms with Gasteiger partial charge in [0.2, 0.25) is 0 Å². The molecule has 1 aliphatic rings. The van der Waals surface area contributed by atoms with E-state index in [-0.39, 0.29) is 11.9 Å². The Balaban J connectivity index is 1.68. The van der Waals surface area contributed by atoms with Crippen LogP contribution >= 0.6 is 0 Å². The lowest BCUT2D eigenvalue weighted by Gasteiger charge is -2.36. The highest BCUT2D eigenvalue weighted by molar-refractivity contribution is 5.92. The van der Waals surface area contributed by atoms with E-state index in [0.29, 0.717) is 12.2 Å². The van der Waals surface area contributed by atoms with E-state index in [0.717, 1.165) is 31.9 Å². The molecular formula is C23H26N4O. The van der Waals surface area contributed by atoms with E-state index in [1.54, 1.807) is 0 Å². The maximum Gasteiger partial charge on any atom is 0.271 e. The number of nitrogens with zero attached hydrogens (tertiary/aromatic N) is 3. The summed E-state index contributed by atoms with van der Waals surface area (Å²) in [7, 11) is 0. The van der Waals surface area contributed by atoms with Crippen LogP contribution in [0.15, 0.2) is 66.9 Å². The van der Waals surface area contributed by atoms with Crippen LogP contribution in [0, 0.1) is 0 Å². The molecule has 1 amide bonds. The van der Waals surface area contributed by atoms with Gasteiger partial charge in [0.25, 0.3) is 5.91 Å². The van der Waals surface area contributed by atoms with Gasteiger partial charge in [0.15, 0.2) is 0 Å². The molecule has 1 atom stereocenters. The average Bonchev–Trinajstić information content (AvgIpc) is 3.17. The van der Waals surface area contributed by atoms with Crippen LogP contribution in [0.1, 0.15) is 46.8 Å². The van der Waals surface area contributed by atoms with Crippen LogP contribution in [0.4, 0.5) is 0 Å². The Hall–Kier alpha value is -2.92. The van der Waals surface area contributed by atoms with Gasteiger partial charge in [0.1, 0.15) is 11.5 Å². The van der Waals surface area contributed by atoms with Crippen molar-refractivity contribution >= 4 is 5.91 Å². The quantitative estimate of drug-likeness (QED) is 0.717. The summed E-state index contributed by atoms with van der Waals surface area (Å²) >= 11 is 0. The van der Waals surface area contributed by atoms with Gasteiger partial charge in [0, 0.05) is 32.4 Å². The van der Waals surface area contributed by atoms with Crippen LogP contribution in [0.5, 0.6) is 0 Å². The van der Waals surface area contributed by atoms with E-state index in [9.17, 15) is 4.79 Å². The van der Waals surface area contributed by atoms with E-state index in [4.69, 9.17) is 4.98 Å². The Kier molecular flexibility index (Phi) is 5.53. The van der Waals surface area contributed by atoms with E-state index in [1.165, 1.54) is 11.1 Å². The predicted molar refractivity (Wildman–Crippen MR) is 110 cm³/mol. The molecule has 0 spiro atoms. The van der Waals surface area contributed by atoms with Gasteiger partial charge in [-0.25, -0.2) is 4.98 Å². The Morgan fingerprint density at radius 2 is 1.79 bits per heavy atom. The third-order valence-corrected chi connectivity index (χ3v) is 5.16. The Labute approximate surface area is 166 Å². The lowest BCUT2D eigenvalue weighted by Crippen LogP contribution is -2.38. The molecule has 0 radical (unpaired) electrons. The van der Waals surface area contributed by atoms with Gasteiger partial charge in [-0.3, -0.25) is 9.69 Å². The van der Waals surface area contributed by atoms with Crippen molar-refractivity contribution in [2.75, 3.05) is 13.1 Å². The van der Waals surface area contributed by atoms with Gasteiger partial charge in [-0.1, -0.05) is 67.6 Å². The molecular weight excluding hydrogens is 348 g/mol. The van der Waals surface area contributed by atoms with Gasteiger partial charge in [-0.15, -0.1) is 0 Å². The first-order chi connectivity index (χ1) is 13.8. The van der Waals surface area contributed by atoms with Crippen molar-refractivity contribution in [3.8, 4) is 0 Å². The summed E-state index contributed by atoms with van der Waals surface area (Å²) < 4.78 is 2.14. The Bertz CT molecular complexity index is 920. The highest BCUT2D eigenvalue weighted by Gasteiger charge is 2.31. The predicted octanol–water partition coefficient (Wildman–Crippen LogP) is 3.63. The summed E-state index contributed by atoms with van der Waals surface area (Å²) in [6, 6.07) is 21.0. The molecule has 144 valence electrons. The fourth-order valence-corrected chi connectivity index (χ4v) is 3.78. The molecule has 0 bridgehead atoms. The van der Waals surface area contributed by atoms with Crippen molar-refractivity contribution in [2.24, 2.45) is 0 Å². The van der Waals surface area contributed by atoms with Crippen LogP contribution in [-0.2, 0) is 13.1 Å². The molecule has 1 aliphatic heterocycles. The van der Waals surface area contributed by atoms with Crippen LogP contribution in [0.2, 0.25) is 0 Å². The number of carbonyl (C=O) groups excluding carboxylic acids is 1. The average molecular weight is 374 g/mol. The van der Waals surface area contributed by atoms with Crippen LogP contribution in [0.3, 0.4) is 0 Å². The second-order valence-corrected chi connectivity index (χ2v) is 7.20. The summed E-state index contributed by atoms with van der Waals surface area (Å²) in [5, 5.41) is 2.94. The molecule has 0 saturated heterocycles. The first-order valence-electron chi connectivity index (χ1n) is 9.94. The summed E-state index contributed by atoms with van der Waals surface area (Å²) in [6.07, 6.45) is 2.81. The third-order valence-electron chi connectivity index (χ3n) is 5.16. The maximum atomic E-state index is 12.4. The van der Waals surface area contributed by atoms with Crippen LogP contribution < -0.4 is 5.32 Å². The molecule has 3 aromatic rings. The van der Waals surface area contributed by atoms with Gasteiger partial charge in [-0.2, -0.15) is 0 Å². The number of hydrogen-bond acceptors (Lipinski definition) is 3. The van der Waals surface area contributed by atoms with Crippen molar-refractivity contribution in [1.82, 2.24) is 19.8 Å². The van der Waals surface area contributed by atoms with Crippen LogP contribution in [0.25, 0.3) is 0 Å². The van der Waals surface area contributed by atoms with Crippen LogP contribution in [-0.4, -0.2) is 33.4 Å². The molecule has 28 heavy (non-hydrogen) atoms. The molecule has 5 nitrogen and oxygen atoms in total. The summed E-state index contributed by atoms with van der Waals surface area (Å²) in [5.41, 5.74) is 2.99. The lowest BCUT2D eigenvalue weighted by molar-refractivity contribution is 0.0949. The SMILES string of the molecule is CCCNC(=O)c1cn2c(n1)C(c1ccccc1)N(Cc1ccccc1)CC2. The number of aromatic nitrogens is 2. The minimum atomic E-state index is -0.0924. The largest absolute Gasteiger partial charge is 0.351 e. The molecule has 1 aromatic heterocycles. The lowest BCUT2D eigenvalue weighted by atomic mass is 10.0. The number of benzene rings is 2. The van der Waals surface area contributed by atoms with Crippen molar-refractivity contribution in [3.63, 3.8) is 0 Å². The van der Waals surface area contributed by atoms with Gasteiger partial charge < -0.3 is 9.88 Å². The molecule has 0 aliphatic carbocycles. The smallest absolute Gasteiger partial charge is 0.271 e. The number of hydrogen-bond donors (Lipinski definition) is 1. The highest BCUT2D eigenvalue weighted by Crippen LogP contribution is 2.32. The standard InChI is InChI=1S/C23H26N4O/c1-2-13-24-23(28)20-17-27-15-14-26(16-18-9-5-3-6-10-18)21(22(27)25-20)19-11-7-4-8-12-19/h3-12,17,21H,2,13-16H2,1H3,(H,24,28). The number of rotatable bonds is 6. The highest BCUT2D eigenvalue weighted by atomic mass is 16.1. The van der Waals surface area contributed by atoms with Crippen molar-refractivity contribution in [2.45, 2.75) is 32.5 Å². The molecule has 4 rings (SSSR count). The fourth-order valence-electron chi connectivity index (χ4n) is 3.78. The minimum absolute atomic E-state index is 0.0304. The van der Waals surface area contributed by atoms with Crippen molar-refractivity contribution < 1.29 is 4.79 Å². The number of imidazole rings is 1. The summed E-state index contributed by atoms with van der Waals surface area (Å²) in [5.74, 6) is 0.847. The topological polar surface area (TPSA) is 50.2 Å². The van der Waals surface area contributed by atoms with E-state index in [2.05, 4.69) is 63.3 Å². The van der Waals surface area contributed by atoms with Gasteiger partial charge in [-0.05, 0) is 17.5 Å². The second kappa shape index (κ2) is 8.40. The maximum absolute atomic E-state index is 12.4.